The molecule has 94 valence electrons. The van der Waals surface area contributed by atoms with Crippen molar-refractivity contribution in [3.05, 3.63) is 35.6 Å². The number of pyridine rings is 1. The highest BCUT2D eigenvalue weighted by atomic mass is 35.5. The van der Waals surface area contributed by atoms with Crippen LogP contribution >= 0.6 is 22.9 Å². The molecule has 1 unspecified atom stereocenters. The van der Waals surface area contributed by atoms with Gasteiger partial charge >= 0.3 is 0 Å². The van der Waals surface area contributed by atoms with Crippen molar-refractivity contribution >= 4 is 28.8 Å². The van der Waals surface area contributed by atoms with Gasteiger partial charge in [-0.15, -0.1) is 22.9 Å². The number of thiazole rings is 1. The number of carbonyl (C=O) groups excluding carboxylic acids is 1. The van der Waals surface area contributed by atoms with E-state index in [0.29, 0.717) is 6.54 Å². The minimum atomic E-state index is -0.525. The van der Waals surface area contributed by atoms with Crippen LogP contribution in [0.15, 0.2) is 29.9 Å². The molecule has 0 saturated heterocycles. The lowest BCUT2D eigenvalue weighted by molar-refractivity contribution is -0.120. The van der Waals surface area contributed by atoms with Gasteiger partial charge in [0.15, 0.2) is 0 Å². The predicted octanol–water partition coefficient (Wildman–Crippen LogP) is 2.45. The molecule has 0 spiro atoms. The van der Waals surface area contributed by atoms with Crippen molar-refractivity contribution in [3.63, 3.8) is 0 Å². The second-order valence-corrected chi connectivity index (χ2v) is 5.23. The van der Waals surface area contributed by atoms with E-state index in [1.165, 1.54) is 11.3 Å². The molecule has 0 radical (unpaired) electrons. The Balaban J connectivity index is 2.01. The third-order valence-electron chi connectivity index (χ3n) is 2.28. The first-order valence-corrected chi connectivity index (χ1v) is 6.75. The van der Waals surface area contributed by atoms with E-state index in [4.69, 9.17) is 11.6 Å². The standard InChI is InChI=1S/C12H12ClN3OS/c1-8(13)11(17)15-6-10-7-18-12(16-10)9-2-4-14-5-3-9/h2-5,7-8H,6H2,1H3,(H,15,17). The topological polar surface area (TPSA) is 54.9 Å². The molecular weight excluding hydrogens is 270 g/mol. The summed E-state index contributed by atoms with van der Waals surface area (Å²) in [6.45, 7) is 2.04. The van der Waals surface area contributed by atoms with Crippen molar-refractivity contribution in [1.29, 1.82) is 0 Å². The molecule has 0 aliphatic rings. The highest BCUT2D eigenvalue weighted by molar-refractivity contribution is 7.13. The molecule has 1 amide bonds. The lowest BCUT2D eigenvalue weighted by Crippen LogP contribution is -2.29. The van der Waals surface area contributed by atoms with E-state index in [9.17, 15) is 4.79 Å². The molecule has 4 nitrogen and oxygen atoms in total. The Morgan fingerprint density at radius 3 is 2.89 bits per heavy atom. The minimum Gasteiger partial charge on any atom is -0.349 e. The summed E-state index contributed by atoms with van der Waals surface area (Å²) < 4.78 is 0. The molecule has 0 bridgehead atoms. The Morgan fingerprint density at radius 1 is 1.50 bits per heavy atom. The van der Waals surface area contributed by atoms with Crippen LogP contribution in [0.5, 0.6) is 0 Å². The van der Waals surface area contributed by atoms with E-state index >= 15 is 0 Å². The van der Waals surface area contributed by atoms with Crippen molar-refractivity contribution in [1.82, 2.24) is 15.3 Å². The minimum absolute atomic E-state index is 0.185. The van der Waals surface area contributed by atoms with Crippen LogP contribution in [0.4, 0.5) is 0 Å². The van der Waals surface area contributed by atoms with Crippen LogP contribution in [0, 0.1) is 0 Å². The molecule has 0 saturated carbocycles. The Labute approximate surface area is 114 Å². The van der Waals surface area contributed by atoms with Crippen molar-refractivity contribution in [2.45, 2.75) is 18.8 Å². The summed E-state index contributed by atoms with van der Waals surface area (Å²) in [6, 6.07) is 3.81. The van der Waals surface area contributed by atoms with Gasteiger partial charge < -0.3 is 5.32 Å². The molecule has 2 aromatic heterocycles. The fraction of sp³-hybridized carbons (Fsp3) is 0.250. The molecule has 0 aliphatic carbocycles. The highest BCUT2D eigenvalue weighted by Gasteiger charge is 2.09. The summed E-state index contributed by atoms with van der Waals surface area (Å²) in [6.07, 6.45) is 3.46. The van der Waals surface area contributed by atoms with Gasteiger partial charge in [0.25, 0.3) is 0 Å². The van der Waals surface area contributed by atoms with Crippen LogP contribution in [0.25, 0.3) is 10.6 Å². The first-order chi connectivity index (χ1) is 8.66. The number of rotatable bonds is 4. The number of nitrogens with zero attached hydrogens (tertiary/aromatic N) is 2. The second kappa shape index (κ2) is 5.93. The summed E-state index contributed by atoms with van der Waals surface area (Å²) >= 11 is 7.20. The number of halogens is 1. The van der Waals surface area contributed by atoms with Crippen LogP contribution in [-0.4, -0.2) is 21.3 Å². The monoisotopic (exact) mass is 281 g/mol. The first kappa shape index (κ1) is 13.0. The first-order valence-electron chi connectivity index (χ1n) is 5.43. The van der Waals surface area contributed by atoms with Gasteiger partial charge in [0, 0.05) is 23.3 Å². The molecule has 6 heteroatoms. The fourth-order valence-electron chi connectivity index (χ4n) is 1.33. The van der Waals surface area contributed by atoms with Gasteiger partial charge in [0.05, 0.1) is 12.2 Å². The molecule has 2 rings (SSSR count). The van der Waals surface area contributed by atoms with Crippen molar-refractivity contribution < 1.29 is 4.79 Å². The number of aromatic nitrogens is 2. The zero-order chi connectivity index (χ0) is 13.0. The number of carbonyl (C=O) groups is 1. The predicted molar refractivity (Wildman–Crippen MR) is 72.5 cm³/mol. The summed E-state index contributed by atoms with van der Waals surface area (Å²) in [5.74, 6) is -0.185. The molecule has 1 atom stereocenters. The van der Waals surface area contributed by atoms with Crippen LogP contribution < -0.4 is 5.32 Å². The Hall–Kier alpha value is -1.46. The number of hydrogen-bond donors (Lipinski definition) is 1. The van der Waals surface area contributed by atoms with E-state index in [1.807, 2.05) is 17.5 Å². The average molecular weight is 282 g/mol. The number of alkyl halides is 1. The van der Waals surface area contributed by atoms with E-state index in [-0.39, 0.29) is 5.91 Å². The van der Waals surface area contributed by atoms with Gasteiger partial charge in [-0.3, -0.25) is 9.78 Å². The molecular formula is C12H12ClN3OS. The van der Waals surface area contributed by atoms with Gasteiger partial charge in [0.1, 0.15) is 10.4 Å². The summed E-state index contributed by atoms with van der Waals surface area (Å²) in [5, 5.41) is 5.04. The van der Waals surface area contributed by atoms with Crippen LogP contribution in [0.3, 0.4) is 0 Å². The fourth-order valence-corrected chi connectivity index (χ4v) is 2.24. The Morgan fingerprint density at radius 2 is 2.22 bits per heavy atom. The lowest BCUT2D eigenvalue weighted by atomic mass is 10.3. The maximum atomic E-state index is 11.3. The normalized spacial score (nSPS) is 12.1. The van der Waals surface area contributed by atoms with Crippen LogP contribution in [-0.2, 0) is 11.3 Å². The number of amides is 1. The third-order valence-corrected chi connectivity index (χ3v) is 3.42. The largest absolute Gasteiger partial charge is 0.349 e. The van der Waals surface area contributed by atoms with Crippen molar-refractivity contribution in [2.24, 2.45) is 0 Å². The molecule has 2 heterocycles. The maximum absolute atomic E-state index is 11.3. The van der Waals surface area contributed by atoms with Crippen molar-refractivity contribution in [2.75, 3.05) is 0 Å². The van der Waals surface area contributed by atoms with Crippen LogP contribution in [0.2, 0.25) is 0 Å². The van der Waals surface area contributed by atoms with E-state index in [0.717, 1.165) is 16.3 Å². The molecule has 0 fully saturated rings. The molecule has 0 aliphatic heterocycles. The zero-order valence-corrected chi connectivity index (χ0v) is 11.3. The second-order valence-electron chi connectivity index (χ2n) is 3.71. The summed E-state index contributed by atoms with van der Waals surface area (Å²) in [4.78, 5) is 19.7. The molecule has 18 heavy (non-hydrogen) atoms. The molecule has 0 aromatic carbocycles. The van der Waals surface area contributed by atoms with Gasteiger partial charge in [-0.25, -0.2) is 4.98 Å². The number of hydrogen-bond acceptors (Lipinski definition) is 4. The lowest BCUT2D eigenvalue weighted by Gasteiger charge is -2.03. The third kappa shape index (κ3) is 3.27. The SMILES string of the molecule is CC(Cl)C(=O)NCc1csc(-c2ccncc2)n1. The van der Waals surface area contributed by atoms with Crippen molar-refractivity contribution in [3.8, 4) is 10.6 Å². The Bertz CT molecular complexity index is 527. The molecule has 2 aromatic rings. The number of nitrogens with one attached hydrogen (secondary N) is 1. The summed E-state index contributed by atoms with van der Waals surface area (Å²) in [7, 11) is 0. The zero-order valence-electron chi connectivity index (χ0n) is 9.76. The van der Waals surface area contributed by atoms with Gasteiger partial charge in [0.2, 0.25) is 5.91 Å². The molecule has 1 N–H and O–H groups in total. The Kier molecular flexibility index (Phi) is 4.28. The van der Waals surface area contributed by atoms with Gasteiger partial charge in [-0.1, -0.05) is 0 Å². The van der Waals surface area contributed by atoms with E-state index in [2.05, 4.69) is 15.3 Å². The smallest absolute Gasteiger partial charge is 0.238 e. The maximum Gasteiger partial charge on any atom is 0.238 e. The van der Waals surface area contributed by atoms with Gasteiger partial charge in [-0.05, 0) is 19.1 Å². The average Bonchev–Trinajstić information content (AvgIpc) is 2.85. The van der Waals surface area contributed by atoms with Crippen LogP contribution in [0.1, 0.15) is 12.6 Å². The quantitative estimate of drug-likeness (QED) is 0.876. The van der Waals surface area contributed by atoms with E-state index < -0.39 is 5.38 Å². The van der Waals surface area contributed by atoms with E-state index in [1.54, 1.807) is 19.3 Å². The summed E-state index contributed by atoms with van der Waals surface area (Å²) in [5.41, 5.74) is 1.86. The van der Waals surface area contributed by atoms with Gasteiger partial charge in [-0.2, -0.15) is 0 Å². The highest BCUT2D eigenvalue weighted by Crippen LogP contribution is 2.22.